The Morgan fingerprint density at radius 3 is 2.56 bits per heavy atom. The van der Waals surface area contributed by atoms with E-state index in [9.17, 15) is 22.4 Å². The first kappa shape index (κ1) is 10.9. The van der Waals surface area contributed by atoms with E-state index < -0.39 is 34.7 Å². The van der Waals surface area contributed by atoms with Crippen LogP contribution in [0.2, 0.25) is 0 Å². The van der Waals surface area contributed by atoms with E-state index >= 15 is 0 Å². The second-order valence-corrected chi connectivity index (χ2v) is 3.32. The molecule has 1 aromatic carbocycles. The quantitative estimate of drug-likeness (QED) is 0.645. The molecule has 0 aliphatic carbocycles. The highest BCUT2D eigenvalue weighted by molar-refractivity contribution is 6.01. The molecule has 0 amide bonds. The molecule has 0 unspecified atom stereocenters. The number of hydrogen-bond acceptors (Lipinski definition) is 2. The van der Waals surface area contributed by atoms with Crippen LogP contribution in [0.25, 0.3) is 0 Å². The molecule has 1 aliphatic rings. The maximum atomic E-state index is 13.2. The predicted molar refractivity (Wildman–Crippen MR) is 45.8 cm³/mol. The molecule has 0 saturated heterocycles. The highest BCUT2D eigenvalue weighted by Crippen LogP contribution is 2.39. The van der Waals surface area contributed by atoms with E-state index in [-0.39, 0.29) is 13.0 Å². The molecule has 2 rings (SSSR count). The minimum Gasteiger partial charge on any atom is -0.489 e. The van der Waals surface area contributed by atoms with Crippen LogP contribution in [-0.4, -0.2) is 12.4 Å². The van der Waals surface area contributed by atoms with Crippen molar-refractivity contribution in [3.8, 4) is 5.75 Å². The summed E-state index contributed by atoms with van der Waals surface area (Å²) in [5, 5.41) is 0. The van der Waals surface area contributed by atoms with Crippen molar-refractivity contribution in [1.29, 1.82) is 0 Å². The Bertz CT molecular complexity index is 451. The maximum Gasteiger partial charge on any atom is 0.417 e. The molecule has 0 aromatic heterocycles. The molecule has 0 N–H and O–H groups in total. The summed E-state index contributed by atoms with van der Waals surface area (Å²) < 4.78 is 55.6. The van der Waals surface area contributed by atoms with Crippen molar-refractivity contribution < 1.29 is 27.1 Å². The molecule has 6 heteroatoms. The lowest BCUT2D eigenvalue weighted by atomic mass is 9.98. The first-order valence-electron chi connectivity index (χ1n) is 4.47. The lowest BCUT2D eigenvalue weighted by Crippen LogP contribution is -2.22. The normalized spacial score (nSPS) is 15.6. The molecule has 86 valence electrons. The molecule has 0 fully saturated rings. The first-order valence-corrected chi connectivity index (χ1v) is 4.47. The number of carbonyl (C=O) groups excluding carboxylic acids is 1. The molecule has 0 atom stereocenters. The van der Waals surface area contributed by atoms with Crippen LogP contribution in [-0.2, 0) is 6.18 Å². The maximum absolute atomic E-state index is 13.2. The minimum absolute atomic E-state index is 0.0932. The Kier molecular flexibility index (Phi) is 2.36. The average Bonchev–Trinajstić information content (AvgIpc) is 2.18. The SMILES string of the molecule is O=C1CCOc2c(F)ccc(C(F)(F)F)c21. The Morgan fingerprint density at radius 2 is 1.94 bits per heavy atom. The van der Waals surface area contributed by atoms with Gasteiger partial charge in [0.25, 0.3) is 0 Å². The zero-order valence-electron chi connectivity index (χ0n) is 7.90. The summed E-state index contributed by atoms with van der Waals surface area (Å²) in [5.41, 5.74) is -1.84. The zero-order chi connectivity index (χ0) is 11.9. The van der Waals surface area contributed by atoms with Gasteiger partial charge < -0.3 is 4.74 Å². The fourth-order valence-corrected chi connectivity index (χ4v) is 1.58. The van der Waals surface area contributed by atoms with Gasteiger partial charge in [0.05, 0.1) is 17.7 Å². The number of ketones is 1. The summed E-state index contributed by atoms with van der Waals surface area (Å²) in [7, 11) is 0. The number of rotatable bonds is 0. The number of ether oxygens (including phenoxy) is 1. The number of fused-ring (bicyclic) bond motifs is 1. The van der Waals surface area contributed by atoms with Crippen molar-refractivity contribution in [2.45, 2.75) is 12.6 Å². The Hall–Kier alpha value is -1.59. The van der Waals surface area contributed by atoms with E-state index in [2.05, 4.69) is 0 Å². The van der Waals surface area contributed by atoms with Gasteiger partial charge in [0.15, 0.2) is 17.3 Å². The Balaban J connectivity index is 2.69. The highest BCUT2D eigenvalue weighted by atomic mass is 19.4. The van der Waals surface area contributed by atoms with Crippen molar-refractivity contribution in [3.63, 3.8) is 0 Å². The van der Waals surface area contributed by atoms with Crippen molar-refractivity contribution in [3.05, 3.63) is 29.1 Å². The van der Waals surface area contributed by atoms with Gasteiger partial charge in [-0.05, 0) is 12.1 Å². The minimum atomic E-state index is -4.69. The largest absolute Gasteiger partial charge is 0.489 e. The number of carbonyl (C=O) groups is 1. The molecule has 1 aliphatic heterocycles. The molecule has 16 heavy (non-hydrogen) atoms. The van der Waals surface area contributed by atoms with Crippen LogP contribution in [0.1, 0.15) is 22.3 Å². The summed E-state index contributed by atoms with van der Waals surface area (Å²) in [5.74, 6) is -2.28. The predicted octanol–water partition coefficient (Wildman–Crippen LogP) is 2.81. The van der Waals surface area contributed by atoms with E-state index in [0.717, 1.165) is 0 Å². The smallest absolute Gasteiger partial charge is 0.417 e. The van der Waals surface area contributed by atoms with Gasteiger partial charge >= 0.3 is 6.18 Å². The van der Waals surface area contributed by atoms with E-state index in [0.29, 0.717) is 12.1 Å². The van der Waals surface area contributed by atoms with Gasteiger partial charge in [0.1, 0.15) is 0 Å². The molecule has 1 heterocycles. The van der Waals surface area contributed by atoms with Crippen LogP contribution >= 0.6 is 0 Å². The first-order chi connectivity index (χ1) is 7.41. The topological polar surface area (TPSA) is 26.3 Å². The van der Waals surface area contributed by atoms with E-state index in [1.807, 2.05) is 0 Å². The van der Waals surface area contributed by atoms with Crippen LogP contribution in [0.4, 0.5) is 17.6 Å². The van der Waals surface area contributed by atoms with Crippen LogP contribution in [0, 0.1) is 5.82 Å². The average molecular weight is 234 g/mol. The molecule has 0 spiro atoms. The fourth-order valence-electron chi connectivity index (χ4n) is 1.58. The van der Waals surface area contributed by atoms with E-state index in [4.69, 9.17) is 4.74 Å². The molecule has 0 radical (unpaired) electrons. The second-order valence-electron chi connectivity index (χ2n) is 3.32. The number of halogens is 4. The highest BCUT2D eigenvalue weighted by Gasteiger charge is 2.39. The summed E-state index contributed by atoms with van der Waals surface area (Å²) in [4.78, 5) is 11.4. The molecular weight excluding hydrogens is 228 g/mol. The van der Waals surface area contributed by atoms with Gasteiger partial charge in [-0.15, -0.1) is 0 Å². The summed E-state index contributed by atoms with van der Waals surface area (Å²) in [6, 6.07) is 1.21. The van der Waals surface area contributed by atoms with Crippen molar-refractivity contribution in [2.75, 3.05) is 6.61 Å². The molecule has 0 saturated carbocycles. The summed E-state index contributed by atoms with van der Waals surface area (Å²) in [6.07, 6.45) is -4.85. The number of hydrogen-bond donors (Lipinski definition) is 0. The Morgan fingerprint density at radius 1 is 1.25 bits per heavy atom. The fraction of sp³-hybridized carbons (Fsp3) is 0.300. The van der Waals surface area contributed by atoms with Crippen molar-refractivity contribution in [1.82, 2.24) is 0 Å². The van der Waals surface area contributed by atoms with Gasteiger partial charge in [-0.3, -0.25) is 4.79 Å². The third kappa shape index (κ3) is 1.64. The van der Waals surface area contributed by atoms with Gasteiger partial charge in [0, 0.05) is 6.42 Å². The number of benzene rings is 1. The van der Waals surface area contributed by atoms with Gasteiger partial charge in [-0.2, -0.15) is 13.2 Å². The number of alkyl halides is 3. The van der Waals surface area contributed by atoms with Gasteiger partial charge in [0.2, 0.25) is 0 Å². The number of Topliss-reactive ketones (excluding diaryl/α,β-unsaturated/α-hetero) is 1. The molecule has 0 bridgehead atoms. The van der Waals surface area contributed by atoms with Crippen LogP contribution < -0.4 is 4.74 Å². The Labute approximate surface area is 87.8 Å². The van der Waals surface area contributed by atoms with Crippen molar-refractivity contribution >= 4 is 5.78 Å². The lowest BCUT2D eigenvalue weighted by Gasteiger charge is -2.20. The third-order valence-corrected chi connectivity index (χ3v) is 2.27. The summed E-state index contributed by atoms with van der Waals surface area (Å²) in [6.45, 7) is -0.0932. The van der Waals surface area contributed by atoms with Gasteiger partial charge in [-0.1, -0.05) is 0 Å². The van der Waals surface area contributed by atoms with Crippen LogP contribution in [0.5, 0.6) is 5.75 Å². The summed E-state index contributed by atoms with van der Waals surface area (Å²) >= 11 is 0. The van der Waals surface area contributed by atoms with Crippen LogP contribution in [0.15, 0.2) is 12.1 Å². The second kappa shape index (κ2) is 3.47. The van der Waals surface area contributed by atoms with E-state index in [1.54, 1.807) is 0 Å². The standard InChI is InChI=1S/C10H6F4O2/c11-6-2-1-5(10(12,13)14)8-7(15)3-4-16-9(6)8/h1-2H,3-4H2. The lowest BCUT2D eigenvalue weighted by molar-refractivity contribution is -0.138. The molecule has 1 aromatic rings. The van der Waals surface area contributed by atoms with E-state index in [1.165, 1.54) is 0 Å². The molecule has 2 nitrogen and oxygen atoms in total. The third-order valence-electron chi connectivity index (χ3n) is 2.27. The van der Waals surface area contributed by atoms with Crippen molar-refractivity contribution in [2.24, 2.45) is 0 Å². The van der Waals surface area contributed by atoms with Gasteiger partial charge in [-0.25, -0.2) is 4.39 Å². The molecular formula is C10H6F4O2. The van der Waals surface area contributed by atoms with Crippen LogP contribution in [0.3, 0.4) is 0 Å². The monoisotopic (exact) mass is 234 g/mol. The zero-order valence-corrected chi connectivity index (χ0v) is 7.90.